The molecule has 9 heteroatoms. The second kappa shape index (κ2) is 5.83. The number of benzene rings is 1. The van der Waals surface area contributed by atoms with Crippen LogP contribution in [0.2, 0.25) is 0 Å². The summed E-state index contributed by atoms with van der Waals surface area (Å²) in [6.07, 6.45) is 0. The van der Waals surface area contributed by atoms with Crippen molar-refractivity contribution in [3.05, 3.63) is 39.7 Å². The van der Waals surface area contributed by atoms with Crippen molar-refractivity contribution in [1.82, 2.24) is 10.2 Å². The van der Waals surface area contributed by atoms with Crippen molar-refractivity contribution < 1.29 is 24.0 Å². The average Bonchev–Trinajstić information content (AvgIpc) is 2.46. The Hall–Kier alpha value is -2.55. The largest absolute Gasteiger partial charge is 0.480 e. The highest BCUT2D eigenvalue weighted by Crippen LogP contribution is 2.22. The van der Waals surface area contributed by atoms with Crippen LogP contribution in [0.15, 0.2) is 18.2 Å². The summed E-state index contributed by atoms with van der Waals surface area (Å²) < 4.78 is 13.1. The maximum Gasteiger partial charge on any atom is 0.327 e. The second-order valence-electron chi connectivity index (χ2n) is 4.48. The summed E-state index contributed by atoms with van der Waals surface area (Å²) in [4.78, 5) is 34.6. The molecule has 1 fully saturated rings. The molecule has 0 spiro atoms. The van der Waals surface area contributed by atoms with E-state index < -0.39 is 34.3 Å². The van der Waals surface area contributed by atoms with E-state index >= 15 is 0 Å². The molecule has 0 aromatic heterocycles. The highest BCUT2D eigenvalue weighted by atomic mass is 19.1. The Labute approximate surface area is 118 Å². The van der Waals surface area contributed by atoms with E-state index in [4.69, 9.17) is 5.11 Å². The van der Waals surface area contributed by atoms with Crippen LogP contribution in [0, 0.1) is 15.9 Å². The first-order valence-electron chi connectivity index (χ1n) is 6.10. The second-order valence-corrected chi connectivity index (χ2v) is 4.48. The van der Waals surface area contributed by atoms with Crippen LogP contribution in [0.3, 0.4) is 0 Å². The zero-order valence-electron chi connectivity index (χ0n) is 10.8. The summed E-state index contributed by atoms with van der Waals surface area (Å²) in [6.45, 7) is 0.533. The number of nitro benzene ring substituents is 1. The smallest absolute Gasteiger partial charge is 0.327 e. The molecule has 1 unspecified atom stereocenters. The van der Waals surface area contributed by atoms with Gasteiger partial charge in [0, 0.05) is 19.6 Å². The van der Waals surface area contributed by atoms with Gasteiger partial charge in [0.1, 0.15) is 17.4 Å². The van der Waals surface area contributed by atoms with Gasteiger partial charge in [-0.1, -0.05) is 0 Å². The molecule has 112 valence electrons. The summed E-state index contributed by atoms with van der Waals surface area (Å²) in [5.74, 6) is -2.84. The van der Waals surface area contributed by atoms with Crippen LogP contribution in [0.4, 0.5) is 10.1 Å². The van der Waals surface area contributed by atoms with Crippen LogP contribution >= 0.6 is 0 Å². The number of aliphatic carboxylic acids is 1. The van der Waals surface area contributed by atoms with Crippen molar-refractivity contribution >= 4 is 17.6 Å². The molecule has 1 aromatic carbocycles. The Bertz CT molecular complexity index is 607. The molecule has 1 aromatic rings. The van der Waals surface area contributed by atoms with Crippen molar-refractivity contribution in [2.45, 2.75) is 6.04 Å². The van der Waals surface area contributed by atoms with Gasteiger partial charge in [-0.2, -0.15) is 0 Å². The minimum absolute atomic E-state index is 0.0517. The fraction of sp³-hybridized carbons (Fsp3) is 0.333. The summed E-state index contributed by atoms with van der Waals surface area (Å²) in [7, 11) is 0. The number of piperazine rings is 1. The number of hydrogen-bond donors (Lipinski definition) is 2. The average molecular weight is 297 g/mol. The lowest BCUT2D eigenvalue weighted by Gasteiger charge is -2.33. The van der Waals surface area contributed by atoms with Gasteiger partial charge >= 0.3 is 5.97 Å². The monoisotopic (exact) mass is 297 g/mol. The number of carbonyl (C=O) groups excluding carboxylic acids is 1. The number of hydrogen-bond acceptors (Lipinski definition) is 5. The number of carboxylic acids is 1. The standard InChI is InChI=1S/C12H12FN3O5/c13-7-1-2-8(9(5-7)16(20)21)11(17)15-4-3-14-6-10(15)12(18)19/h1-2,5,10,14H,3-4,6H2,(H,18,19). The van der Waals surface area contributed by atoms with Gasteiger partial charge in [0.2, 0.25) is 0 Å². The molecule has 2 N–H and O–H groups in total. The first kappa shape index (κ1) is 14.9. The van der Waals surface area contributed by atoms with Crippen molar-refractivity contribution in [2.75, 3.05) is 19.6 Å². The van der Waals surface area contributed by atoms with Gasteiger partial charge in [0.25, 0.3) is 11.6 Å². The van der Waals surface area contributed by atoms with Crippen LogP contribution in [0.1, 0.15) is 10.4 Å². The molecule has 2 rings (SSSR count). The van der Waals surface area contributed by atoms with E-state index in [2.05, 4.69) is 5.32 Å². The zero-order valence-corrected chi connectivity index (χ0v) is 10.8. The number of carbonyl (C=O) groups is 2. The van der Waals surface area contributed by atoms with Crippen molar-refractivity contribution in [3.63, 3.8) is 0 Å². The molecule has 1 atom stereocenters. The van der Waals surface area contributed by atoms with E-state index in [1.165, 1.54) is 0 Å². The Kier molecular flexibility index (Phi) is 4.13. The van der Waals surface area contributed by atoms with Crippen molar-refractivity contribution in [2.24, 2.45) is 0 Å². The Balaban J connectivity index is 2.39. The zero-order chi connectivity index (χ0) is 15.6. The molecule has 1 heterocycles. The molecule has 1 aliphatic heterocycles. The molecule has 0 aliphatic carbocycles. The number of amides is 1. The highest BCUT2D eigenvalue weighted by molar-refractivity contribution is 6.00. The highest BCUT2D eigenvalue weighted by Gasteiger charge is 2.35. The van der Waals surface area contributed by atoms with E-state index in [1.54, 1.807) is 0 Å². The van der Waals surface area contributed by atoms with Gasteiger partial charge in [-0.3, -0.25) is 14.9 Å². The first-order chi connectivity index (χ1) is 9.91. The normalized spacial score (nSPS) is 18.3. The molecule has 1 saturated heterocycles. The Morgan fingerprint density at radius 2 is 2.19 bits per heavy atom. The summed E-state index contributed by atoms with van der Waals surface area (Å²) >= 11 is 0. The van der Waals surface area contributed by atoms with E-state index in [0.717, 1.165) is 17.0 Å². The Morgan fingerprint density at radius 3 is 2.81 bits per heavy atom. The van der Waals surface area contributed by atoms with Crippen LogP contribution < -0.4 is 5.32 Å². The van der Waals surface area contributed by atoms with Crippen LogP contribution in [-0.2, 0) is 4.79 Å². The number of rotatable bonds is 3. The SMILES string of the molecule is O=C(O)C1CNCCN1C(=O)c1ccc(F)cc1[N+](=O)[O-]. The van der Waals surface area contributed by atoms with Crippen LogP contribution in [0.5, 0.6) is 0 Å². The van der Waals surface area contributed by atoms with E-state index in [-0.39, 0.29) is 18.7 Å². The van der Waals surface area contributed by atoms with E-state index in [9.17, 15) is 24.1 Å². The molecule has 0 bridgehead atoms. The lowest BCUT2D eigenvalue weighted by atomic mass is 10.1. The van der Waals surface area contributed by atoms with Gasteiger partial charge in [0.05, 0.1) is 11.0 Å². The maximum atomic E-state index is 13.1. The third-order valence-electron chi connectivity index (χ3n) is 3.18. The van der Waals surface area contributed by atoms with Gasteiger partial charge in [0.15, 0.2) is 0 Å². The predicted molar refractivity (Wildman–Crippen MR) is 68.4 cm³/mol. The topological polar surface area (TPSA) is 113 Å². The van der Waals surface area contributed by atoms with Crippen LogP contribution in [-0.4, -0.2) is 52.5 Å². The van der Waals surface area contributed by atoms with Crippen molar-refractivity contribution in [3.8, 4) is 0 Å². The number of nitrogens with zero attached hydrogens (tertiary/aromatic N) is 2. The minimum Gasteiger partial charge on any atom is -0.480 e. The predicted octanol–water partition coefficient (Wildman–Crippen LogP) is 0.233. The fourth-order valence-electron chi connectivity index (χ4n) is 2.16. The maximum absolute atomic E-state index is 13.1. The van der Waals surface area contributed by atoms with Gasteiger partial charge in [-0.15, -0.1) is 0 Å². The van der Waals surface area contributed by atoms with Gasteiger partial charge in [-0.25, -0.2) is 9.18 Å². The fourth-order valence-corrected chi connectivity index (χ4v) is 2.16. The summed E-state index contributed by atoms with van der Waals surface area (Å²) in [5, 5.41) is 22.8. The molecular formula is C12H12FN3O5. The molecular weight excluding hydrogens is 285 g/mol. The molecule has 0 saturated carbocycles. The third-order valence-corrected chi connectivity index (χ3v) is 3.18. The molecule has 8 nitrogen and oxygen atoms in total. The van der Waals surface area contributed by atoms with Gasteiger partial charge in [-0.05, 0) is 12.1 Å². The summed E-state index contributed by atoms with van der Waals surface area (Å²) in [5.41, 5.74) is -1.00. The Morgan fingerprint density at radius 1 is 1.48 bits per heavy atom. The summed E-state index contributed by atoms with van der Waals surface area (Å²) in [6, 6.07) is 1.45. The number of nitro groups is 1. The molecule has 1 aliphatic rings. The lowest BCUT2D eigenvalue weighted by Crippen LogP contribution is -2.57. The minimum atomic E-state index is -1.21. The third kappa shape index (κ3) is 2.97. The van der Waals surface area contributed by atoms with E-state index in [0.29, 0.717) is 12.6 Å². The van der Waals surface area contributed by atoms with Crippen LogP contribution in [0.25, 0.3) is 0 Å². The lowest BCUT2D eigenvalue weighted by molar-refractivity contribution is -0.385. The van der Waals surface area contributed by atoms with E-state index in [1.807, 2.05) is 0 Å². The van der Waals surface area contributed by atoms with Gasteiger partial charge < -0.3 is 15.3 Å². The quantitative estimate of drug-likeness (QED) is 0.610. The first-order valence-corrected chi connectivity index (χ1v) is 6.10. The number of halogens is 1. The number of nitrogens with one attached hydrogen (secondary N) is 1. The van der Waals surface area contributed by atoms with Crippen molar-refractivity contribution in [1.29, 1.82) is 0 Å². The molecule has 21 heavy (non-hydrogen) atoms. The number of carboxylic acid groups (broad SMARTS) is 1. The molecule has 1 amide bonds. The molecule has 0 radical (unpaired) electrons.